The maximum absolute atomic E-state index is 4.91. The normalized spacial score (nSPS) is 23.9. The monoisotopic (exact) mass is 279 g/mol. The number of nitrogens with zero attached hydrogens (tertiary/aromatic N) is 2. The Morgan fingerprint density at radius 1 is 1.32 bits per heavy atom. The van der Waals surface area contributed by atoms with E-state index >= 15 is 0 Å². The Kier molecular flexibility index (Phi) is 4.08. The maximum Gasteiger partial charge on any atom is 0.186 e. The molecule has 0 aromatic carbocycles. The lowest BCUT2D eigenvalue weighted by atomic mass is 10.1. The Morgan fingerprint density at radius 3 is 2.84 bits per heavy atom. The van der Waals surface area contributed by atoms with Crippen molar-refractivity contribution in [3.8, 4) is 0 Å². The first-order valence-corrected chi connectivity index (χ1v) is 8.58. The fourth-order valence-electron chi connectivity index (χ4n) is 2.81. The van der Waals surface area contributed by atoms with Gasteiger partial charge in [0.05, 0.1) is 5.69 Å². The van der Waals surface area contributed by atoms with Crippen LogP contribution >= 0.6 is 11.3 Å². The molecule has 1 saturated heterocycles. The number of hydrogen-bond donors (Lipinski definition) is 1. The highest BCUT2D eigenvalue weighted by molar-refractivity contribution is 7.15. The number of thiazole rings is 1. The van der Waals surface area contributed by atoms with Crippen LogP contribution in [-0.2, 0) is 13.0 Å². The number of rotatable bonds is 5. The molecule has 1 N–H and O–H groups in total. The molecule has 0 bridgehead atoms. The van der Waals surface area contributed by atoms with Crippen molar-refractivity contribution in [2.45, 2.75) is 71.0 Å². The largest absolute Gasteiger partial charge is 0.345 e. The lowest BCUT2D eigenvalue weighted by Crippen LogP contribution is -2.37. The molecule has 1 aliphatic carbocycles. The standard InChI is InChI=1S/C15H25N3S/c1-3-13-14(10-16-12-7-8-12)19-15(17-13)18-9-5-4-6-11(18)2/h11-12,16H,3-10H2,1-2H3. The van der Waals surface area contributed by atoms with Crippen molar-refractivity contribution >= 4 is 16.5 Å². The maximum atomic E-state index is 4.91. The lowest BCUT2D eigenvalue weighted by Gasteiger charge is -2.33. The van der Waals surface area contributed by atoms with Crippen molar-refractivity contribution in [1.29, 1.82) is 0 Å². The van der Waals surface area contributed by atoms with Gasteiger partial charge in [-0.25, -0.2) is 4.98 Å². The molecule has 4 heteroatoms. The molecule has 3 rings (SSSR count). The average Bonchev–Trinajstić information content (AvgIpc) is 3.16. The van der Waals surface area contributed by atoms with E-state index in [-0.39, 0.29) is 0 Å². The van der Waals surface area contributed by atoms with Crippen LogP contribution in [0, 0.1) is 0 Å². The van der Waals surface area contributed by atoms with Crippen LogP contribution < -0.4 is 10.2 Å². The highest BCUT2D eigenvalue weighted by Crippen LogP contribution is 2.32. The van der Waals surface area contributed by atoms with Gasteiger partial charge in [-0.15, -0.1) is 11.3 Å². The first-order chi connectivity index (χ1) is 9.28. The van der Waals surface area contributed by atoms with Gasteiger partial charge < -0.3 is 10.2 Å². The van der Waals surface area contributed by atoms with Crippen LogP contribution in [0.3, 0.4) is 0 Å². The minimum absolute atomic E-state index is 0.661. The molecule has 2 fully saturated rings. The van der Waals surface area contributed by atoms with Gasteiger partial charge in [0, 0.05) is 30.1 Å². The first-order valence-electron chi connectivity index (χ1n) is 7.76. The van der Waals surface area contributed by atoms with Crippen molar-refractivity contribution in [3.63, 3.8) is 0 Å². The van der Waals surface area contributed by atoms with E-state index < -0.39 is 0 Å². The molecule has 1 saturated carbocycles. The fraction of sp³-hybridized carbons (Fsp3) is 0.800. The van der Waals surface area contributed by atoms with Crippen molar-refractivity contribution in [2.24, 2.45) is 0 Å². The topological polar surface area (TPSA) is 28.2 Å². The van der Waals surface area contributed by atoms with Gasteiger partial charge in [0.15, 0.2) is 5.13 Å². The molecule has 19 heavy (non-hydrogen) atoms. The second kappa shape index (κ2) is 5.80. The van der Waals surface area contributed by atoms with E-state index in [1.54, 1.807) is 0 Å². The Balaban J connectivity index is 1.73. The van der Waals surface area contributed by atoms with Crippen LogP contribution in [0.25, 0.3) is 0 Å². The second-order valence-corrected chi connectivity index (χ2v) is 6.98. The number of anilines is 1. The van der Waals surface area contributed by atoms with Gasteiger partial charge in [0.1, 0.15) is 0 Å². The van der Waals surface area contributed by atoms with E-state index in [4.69, 9.17) is 4.98 Å². The number of hydrogen-bond acceptors (Lipinski definition) is 4. The third kappa shape index (κ3) is 3.11. The van der Waals surface area contributed by atoms with E-state index in [1.807, 2.05) is 11.3 Å². The second-order valence-electron chi connectivity index (χ2n) is 5.91. The van der Waals surface area contributed by atoms with Gasteiger partial charge in [0.2, 0.25) is 0 Å². The Morgan fingerprint density at radius 2 is 2.16 bits per heavy atom. The van der Waals surface area contributed by atoms with Crippen molar-refractivity contribution in [2.75, 3.05) is 11.4 Å². The molecule has 3 nitrogen and oxygen atoms in total. The minimum Gasteiger partial charge on any atom is -0.345 e. The van der Waals surface area contributed by atoms with Crippen molar-refractivity contribution in [3.05, 3.63) is 10.6 Å². The van der Waals surface area contributed by atoms with E-state index in [0.29, 0.717) is 6.04 Å². The summed E-state index contributed by atoms with van der Waals surface area (Å²) in [6.07, 6.45) is 7.78. The molecular formula is C15H25N3S. The summed E-state index contributed by atoms with van der Waals surface area (Å²) in [5.41, 5.74) is 1.31. The van der Waals surface area contributed by atoms with E-state index in [1.165, 1.54) is 54.4 Å². The van der Waals surface area contributed by atoms with Gasteiger partial charge in [-0.3, -0.25) is 0 Å². The molecule has 0 radical (unpaired) electrons. The molecule has 2 heterocycles. The SMILES string of the molecule is CCc1nc(N2CCCCC2C)sc1CNC1CC1. The quantitative estimate of drug-likeness (QED) is 0.896. The molecule has 1 aromatic heterocycles. The summed E-state index contributed by atoms with van der Waals surface area (Å²) in [5.74, 6) is 0. The molecule has 106 valence electrons. The summed E-state index contributed by atoms with van der Waals surface area (Å²) in [6, 6.07) is 1.44. The van der Waals surface area contributed by atoms with E-state index in [9.17, 15) is 0 Å². The van der Waals surface area contributed by atoms with Gasteiger partial charge in [0.25, 0.3) is 0 Å². The Bertz CT molecular complexity index is 425. The molecule has 0 amide bonds. The zero-order valence-electron chi connectivity index (χ0n) is 12.1. The summed E-state index contributed by atoms with van der Waals surface area (Å²) in [7, 11) is 0. The summed E-state index contributed by atoms with van der Waals surface area (Å²) in [6.45, 7) is 6.77. The van der Waals surface area contributed by atoms with Crippen LogP contribution in [0.15, 0.2) is 0 Å². The molecule has 1 aliphatic heterocycles. The van der Waals surface area contributed by atoms with Gasteiger partial charge in [-0.2, -0.15) is 0 Å². The lowest BCUT2D eigenvalue weighted by molar-refractivity contribution is 0.484. The smallest absolute Gasteiger partial charge is 0.186 e. The molecule has 1 atom stereocenters. The van der Waals surface area contributed by atoms with Crippen molar-refractivity contribution in [1.82, 2.24) is 10.3 Å². The molecule has 1 unspecified atom stereocenters. The van der Waals surface area contributed by atoms with E-state index in [0.717, 1.165) is 19.0 Å². The molecule has 1 aromatic rings. The van der Waals surface area contributed by atoms with Crippen LogP contribution in [-0.4, -0.2) is 23.6 Å². The predicted octanol–water partition coefficient (Wildman–Crippen LogP) is 3.34. The summed E-state index contributed by atoms with van der Waals surface area (Å²) in [4.78, 5) is 8.89. The summed E-state index contributed by atoms with van der Waals surface area (Å²) in [5, 5.41) is 4.89. The molecule has 0 spiro atoms. The van der Waals surface area contributed by atoms with Crippen LogP contribution in [0.4, 0.5) is 5.13 Å². The van der Waals surface area contributed by atoms with E-state index in [2.05, 4.69) is 24.1 Å². The third-order valence-electron chi connectivity index (χ3n) is 4.28. The summed E-state index contributed by atoms with van der Waals surface area (Å²) < 4.78 is 0. The van der Waals surface area contributed by atoms with Gasteiger partial charge >= 0.3 is 0 Å². The average molecular weight is 279 g/mol. The Hall–Kier alpha value is -0.610. The molecule has 2 aliphatic rings. The van der Waals surface area contributed by atoms with Crippen LogP contribution in [0.5, 0.6) is 0 Å². The highest BCUT2D eigenvalue weighted by atomic mass is 32.1. The number of aryl methyl sites for hydroxylation is 1. The van der Waals surface area contributed by atoms with Crippen molar-refractivity contribution < 1.29 is 0 Å². The molecular weight excluding hydrogens is 254 g/mol. The zero-order valence-corrected chi connectivity index (χ0v) is 12.9. The third-order valence-corrected chi connectivity index (χ3v) is 5.41. The number of nitrogens with one attached hydrogen (secondary N) is 1. The van der Waals surface area contributed by atoms with Crippen LogP contribution in [0.1, 0.15) is 56.5 Å². The first kappa shape index (κ1) is 13.4. The van der Waals surface area contributed by atoms with Gasteiger partial charge in [-0.05, 0) is 45.4 Å². The number of aromatic nitrogens is 1. The van der Waals surface area contributed by atoms with Gasteiger partial charge in [-0.1, -0.05) is 6.92 Å². The number of piperidine rings is 1. The fourth-order valence-corrected chi connectivity index (χ4v) is 4.04. The highest BCUT2D eigenvalue weighted by Gasteiger charge is 2.24. The zero-order chi connectivity index (χ0) is 13.2. The summed E-state index contributed by atoms with van der Waals surface area (Å²) >= 11 is 1.92. The van der Waals surface area contributed by atoms with Crippen LogP contribution in [0.2, 0.25) is 0 Å². The minimum atomic E-state index is 0.661. The predicted molar refractivity (Wildman–Crippen MR) is 82.0 cm³/mol. The Labute approximate surface area is 120 Å².